The molecule has 0 bridgehead atoms. The predicted molar refractivity (Wildman–Crippen MR) is 107 cm³/mol. The molecule has 1 heterocycles. The van der Waals surface area contributed by atoms with Gasteiger partial charge >= 0.3 is 0 Å². The topological polar surface area (TPSA) is 143 Å². The molecule has 148 valence electrons. The number of hydrogen-bond donors (Lipinski definition) is 1. The Morgan fingerprint density at radius 3 is 2.57 bits per heavy atom. The van der Waals surface area contributed by atoms with Crippen LogP contribution in [0.5, 0.6) is 0 Å². The van der Waals surface area contributed by atoms with Gasteiger partial charge in [0.05, 0.1) is 22.4 Å². The molecule has 0 unspecified atom stereocenters. The molecule has 1 N–H and O–H groups in total. The van der Waals surface area contributed by atoms with Gasteiger partial charge in [-0.25, -0.2) is 5.43 Å². The second-order valence-electron chi connectivity index (χ2n) is 6.03. The van der Waals surface area contributed by atoms with E-state index in [1.54, 1.807) is 42.5 Å². The number of para-hydroxylation sites is 2. The van der Waals surface area contributed by atoms with Crippen LogP contribution in [0.2, 0.25) is 0 Å². The van der Waals surface area contributed by atoms with Crippen LogP contribution < -0.4 is 11.0 Å². The van der Waals surface area contributed by atoms with E-state index in [1.165, 1.54) is 25.1 Å². The Kier molecular flexibility index (Phi) is 5.74. The van der Waals surface area contributed by atoms with Gasteiger partial charge in [0.25, 0.3) is 17.2 Å². The van der Waals surface area contributed by atoms with E-state index in [4.69, 9.17) is 0 Å². The monoisotopic (exact) mass is 402 g/mol. The number of benzene rings is 2. The molecule has 30 heavy (non-hydrogen) atoms. The van der Waals surface area contributed by atoms with Crippen LogP contribution in [0.1, 0.15) is 27.2 Å². The van der Waals surface area contributed by atoms with Crippen LogP contribution >= 0.6 is 0 Å². The van der Waals surface area contributed by atoms with E-state index < -0.39 is 16.4 Å². The Morgan fingerprint density at radius 2 is 1.90 bits per heavy atom. The average Bonchev–Trinajstić information content (AvgIpc) is 2.75. The van der Waals surface area contributed by atoms with Gasteiger partial charge in [-0.1, -0.05) is 30.3 Å². The number of nitrogens with zero attached hydrogens (tertiary/aromatic N) is 5. The standard InChI is InChI=1S/C20H14N6O4/c1-13-16(11-21)20(28)25(15-8-3-2-4-9-15)24-18(13)19(27)23-22-12-14-7-5-6-10-17(14)26(29)30/h2-10,12H,1H3,(H,23,27)/b22-12+. The summed E-state index contributed by atoms with van der Waals surface area (Å²) >= 11 is 0. The number of aromatic nitrogens is 2. The summed E-state index contributed by atoms with van der Waals surface area (Å²) in [6, 6.07) is 16.0. The minimum atomic E-state index is -0.775. The number of nitro benzene ring substituents is 1. The molecule has 10 nitrogen and oxygen atoms in total. The lowest BCUT2D eigenvalue weighted by molar-refractivity contribution is -0.385. The first kappa shape index (κ1) is 20.1. The van der Waals surface area contributed by atoms with Crippen molar-refractivity contribution in [3.05, 3.63) is 97.4 Å². The molecule has 1 amide bonds. The fourth-order valence-electron chi connectivity index (χ4n) is 2.67. The second-order valence-corrected chi connectivity index (χ2v) is 6.03. The lowest BCUT2D eigenvalue weighted by atomic mass is 10.1. The Labute approximate surface area is 169 Å². The zero-order chi connectivity index (χ0) is 21.7. The molecule has 0 aliphatic heterocycles. The fraction of sp³-hybridized carbons (Fsp3) is 0.0500. The first-order valence-electron chi connectivity index (χ1n) is 8.60. The summed E-state index contributed by atoms with van der Waals surface area (Å²) in [5.74, 6) is -0.775. The number of nitro groups is 1. The summed E-state index contributed by atoms with van der Waals surface area (Å²) in [7, 11) is 0. The SMILES string of the molecule is Cc1c(C(=O)N/N=C/c2ccccc2[N+](=O)[O-])nn(-c2ccccc2)c(=O)c1C#N. The molecule has 3 rings (SSSR count). The van der Waals surface area contributed by atoms with Crippen molar-refractivity contribution in [2.75, 3.05) is 0 Å². The Hall–Kier alpha value is -4.65. The molecule has 10 heteroatoms. The molecule has 0 radical (unpaired) electrons. The van der Waals surface area contributed by atoms with E-state index in [-0.39, 0.29) is 28.1 Å². The summed E-state index contributed by atoms with van der Waals surface area (Å²) in [6.45, 7) is 1.43. The van der Waals surface area contributed by atoms with Crippen molar-refractivity contribution >= 4 is 17.8 Å². The predicted octanol–water partition coefficient (Wildman–Crippen LogP) is 2.08. The van der Waals surface area contributed by atoms with Crippen LogP contribution in [0.4, 0.5) is 5.69 Å². The van der Waals surface area contributed by atoms with Gasteiger partial charge in [0, 0.05) is 11.6 Å². The third-order valence-electron chi connectivity index (χ3n) is 4.17. The van der Waals surface area contributed by atoms with Gasteiger partial charge in [0.15, 0.2) is 5.69 Å². The first-order valence-corrected chi connectivity index (χ1v) is 8.60. The van der Waals surface area contributed by atoms with Crippen LogP contribution in [0.25, 0.3) is 5.69 Å². The highest BCUT2D eigenvalue weighted by atomic mass is 16.6. The van der Waals surface area contributed by atoms with Crippen molar-refractivity contribution in [2.24, 2.45) is 5.10 Å². The molecule has 1 aromatic heterocycles. The average molecular weight is 402 g/mol. The van der Waals surface area contributed by atoms with Crippen LogP contribution in [0, 0.1) is 28.4 Å². The summed E-state index contributed by atoms with van der Waals surface area (Å²) < 4.78 is 0.965. The number of nitrogens with one attached hydrogen (secondary N) is 1. The van der Waals surface area contributed by atoms with Crippen molar-refractivity contribution in [1.29, 1.82) is 5.26 Å². The van der Waals surface area contributed by atoms with Gasteiger partial charge in [-0.05, 0) is 25.1 Å². The van der Waals surface area contributed by atoms with Crippen LogP contribution in [0.15, 0.2) is 64.5 Å². The molecule has 0 atom stereocenters. The van der Waals surface area contributed by atoms with E-state index >= 15 is 0 Å². The van der Waals surface area contributed by atoms with Crippen LogP contribution in [-0.4, -0.2) is 26.8 Å². The van der Waals surface area contributed by atoms with Crippen molar-refractivity contribution < 1.29 is 9.72 Å². The molecule has 0 saturated heterocycles. The van der Waals surface area contributed by atoms with Crippen LogP contribution in [0.3, 0.4) is 0 Å². The van der Waals surface area contributed by atoms with Gasteiger partial charge in [-0.2, -0.15) is 20.1 Å². The maximum Gasteiger partial charge on any atom is 0.292 e. The summed E-state index contributed by atoms with van der Waals surface area (Å²) in [6.07, 6.45) is 1.13. The van der Waals surface area contributed by atoms with Gasteiger partial charge in [-0.15, -0.1) is 0 Å². The van der Waals surface area contributed by atoms with Gasteiger partial charge < -0.3 is 0 Å². The molecular formula is C20H14N6O4. The van der Waals surface area contributed by atoms with Crippen molar-refractivity contribution in [1.82, 2.24) is 15.2 Å². The van der Waals surface area contributed by atoms with Crippen molar-refractivity contribution in [3.8, 4) is 11.8 Å². The van der Waals surface area contributed by atoms with E-state index in [0.717, 1.165) is 10.9 Å². The van der Waals surface area contributed by atoms with Crippen molar-refractivity contribution in [3.63, 3.8) is 0 Å². The Bertz CT molecular complexity index is 1260. The van der Waals surface area contributed by atoms with Gasteiger partial charge in [-0.3, -0.25) is 19.7 Å². The highest BCUT2D eigenvalue weighted by molar-refractivity contribution is 5.95. The van der Waals surface area contributed by atoms with E-state index in [2.05, 4.69) is 15.6 Å². The number of amides is 1. The first-order chi connectivity index (χ1) is 14.4. The quantitative estimate of drug-likeness (QED) is 0.393. The van der Waals surface area contributed by atoms with E-state index in [1.807, 2.05) is 0 Å². The smallest absolute Gasteiger partial charge is 0.266 e. The molecule has 3 aromatic rings. The minimum absolute atomic E-state index is 0.105. The van der Waals surface area contributed by atoms with Crippen LogP contribution in [-0.2, 0) is 0 Å². The largest absolute Gasteiger partial charge is 0.292 e. The number of hydrogen-bond acceptors (Lipinski definition) is 7. The molecule has 0 aliphatic rings. The summed E-state index contributed by atoms with van der Waals surface area (Å²) in [5.41, 5.74) is 1.69. The number of carbonyl (C=O) groups is 1. The molecule has 2 aromatic carbocycles. The highest BCUT2D eigenvalue weighted by Crippen LogP contribution is 2.15. The summed E-state index contributed by atoms with van der Waals surface area (Å²) in [5, 5.41) is 28.2. The molecule has 0 spiro atoms. The fourth-order valence-corrected chi connectivity index (χ4v) is 2.67. The number of hydrazone groups is 1. The lowest BCUT2D eigenvalue weighted by Gasteiger charge is -2.10. The highest BCUT2D eigenvalue weighted by Gasteiger charge is 2.20. The zero-order valence-corrected chi connectivity index (χ0v) is 15.6. The Morgan fingerprint density at radius 1 is 1.23 bits per heavy atom. The Balaban J connectivity index is 1.96. The van der Waals surface area contributed by atoms with E-state index in [0.29, 0.717) is 5.69 Å². The minimum Gasteiger partial charge on any atom is -0.266 e. The molecular weight excluding hydrogens is 388 g/mol. The van der Waals surface area contributed by atoms with Gasteiger partial charge in [0.1, 0.15) is 11.6 Å². The third-order valence-corrected chi connectivity index (χ3v) is 4.17. The maximum atomic E-state index is 12.6. The maximum absolute atomic E-state index is 12.6. The van der Waals surface area contributed by atoms with Crippen molar-refractivity contribution in [2.45, 2.75) is 6.92 Å². The summed E-state index contributed by atoms with van der Waals surface area (Å²) in [4.78, 5) is 35.6. The number of nitriles is 1. The lowest BCUT2D eigenvalue weighted by Crippen LogP contribution is -2.31. The third kappa shape index (κ3) is 3.95. The number of rotatable bonds is 5. The second kappa shape index (κ2) is 8.57. The zero-order valence-electron chi connectivity index (χ0n) is 15.6. The molecule has 0 saturated carbocycles. The number of carbonyl (C=O) groups excluding carboxylic acids is 1. The molecule has 0 aliphatic carbocycles. The van der Waals surface area contributed by atoms with E-state index in [9.17, 15) is 25.0 Å². The molecule has 0 fully saturated rings. The van der Waals surface area contributed by atoms with Gasteiger partial charge in [0.2, 0.25) is 0 Å². The normalized spacial score (nSPS) is 10.5.